The standard InChI is InChI=1S/C14H16FNOS/c1-9-7-8-12(17-9)14(10(2)16)18-13-6-4-3-5-11(13)15/h3-8,10,14H,16H2,1-2H3. The zero-order chi connectivity index (χ0) is 13.1. The van der Waals surface area contributed by atoms with E-state index < -0.39 is 0 Å². The second-order valence-electron chi connectivity index (χ2n) is 4.28. The number of furan rings is 1. The van der Waals surface area contributed by atoms with Crippen LogP contribution < -0.4 is 5.73 Å². The highest BCUT2D eigenvalue weighted by Gasteiger charge is 2.22. The van der Waals surface area contributed by atoms with Crippen LogP contribution in [0.15, 0.2) is 45.7 Å². The van der Waals surface area contributed by atoms with Crippen LogP contribution >= 0.6 is 11.8 Å². The number of hydrogen-bond acceptors (Lipinski definition) is 3. The molecule has 0 aliphatic carbocycles. The Morgan fingerprint density at radius 2 is 1.94 bits per heavy atom. The lowest BCUT2D eigenvalue weighted by Crippen LogP contribution is -2.22. The largest absolute Gasteiger partial charge is 0.465 e. The quantitative estimate of drug-likeness (QED) is 0.852. The summed E-state index contributed by atoms with van der Waals surface area (Å²) in [6, 6.07) is 10.4. The summed E-state index contributed by atoms with van der Waals surface area (Å²) in [7, 11) is 0. The maximum absolute atomic E-state index is 13.6. The molecule has 0 bridgehead atoms. The molecule has 1 aromatic heterocycles. The van der Waals surface area contributed by atoms with Crippen molar-refractivity contribution in [1.82, 2.24) is 0 Å². The molecule has 1 aromatic carbocycles. The summed E-state index contributed by atoms with van der Waals surface area (Å²) in [5.74, 6) is 1.40. The van der Waals surface area contributed by atoms with Crippen LogP contribution in [0.1, 0.15) is 23.7 Å². The fourth-order valence-electron chi connectivity index (χ4n) is 1.71. The van der Waals surface area contributed by atoms with Crippen molar-refractivity contribution in [2.24, 2.45) is 5.73 Å². The average molecular weight is 265 g/mol. The van der Waals surface area contributed by atoms with Gasteiger partial charge in [0.05, 0.1) is 5.25 Å². The molecule has 0 spiro atoms. The van der Waals surface area contributed by atoms with Crippen molar-refractivity contribution in [3.05, 3.63) is 53.7 Å². The van der Waals surface area contributed by atoms with E-state index >= 15 is 0 Å². The first kappa shape index (κ1) is 13.2. The number of aryl methyl sites for hydroxylation is 1. The van der Waals surface area contributed by atoms with Gasteiger partial charge in [0, 0.05) is 10.9 Å². The Bertz CT molecular complexity index is 524. The molecule has 2 nitrogen and oxygen atoms in total. The highest BCUT2D eigenvalue weighted by atomic mass is 32.2. The molecule has 2 N–H and O–H groups in total. The summed E-state index contributed by atoms with van der Waals surface area (Å²) < 4.78 is 19.2. The van der Waals surface area contributed by atoms with E-state index in [1.54, 1.807) is 12.1 Å². The second kappa shape index (κ2) is 5.59. The van der Waals surface area contributed by atoms with E-state index in [1.165, 1.54) is 17.8 Å². The minimum absolute atomic E-state index is 0.0874. The molecule has 2 unspecified atom stereocenters. The molecule has 2 aromatic rings. The molecular formula is C14H16FNOS. The minimum Gasteiger partial charge on any atom is -0.465 e. The number of hydrogen-bond donors (Lipinski definition) is 1. The van der Waals surface area contributed by atoms with Crippen LogP contribution in [0.5, 0.6) is 0 Å². The molecule has 0 saturated carbocycles. The average Bonchev–Trinajstić information content (AvgIpc) is 2.74. The highest BCUT2D eigenvalue weighted by molar-refractivity contribution is 7.99. The Kier molecular flexibility index (Phi) is 4.09. The van der Waals surface area contributed by atoms with E-state index in [9.17, 15) is 4.39 Å². The Balaban J connectivity index is 2.25. The number of nitrogens with two attached hydrogens (primary N) is 1. The van der Waals surface area contributed by atoms with Crippen molar-refractivity contribution in [1.29, 1.82) is 0 Å². The van der Waals surface area contributed by atoms with Gasteiger partial charge in [0.2, 0.25) is 0 Å². The molecular weight excluding hydrogens is 249 g/mol. The van der Waals surface area contributed by atoms with E-state index in [1.807, 2.05) is 32.0 Å². The lowest BCUT2D eigenvalue weighted by molar-refractivity contribution is 0.464. The van der Waals surface area contributed by atoms with Crippen LogP contribution in [0, 0.1) is 12.7 Å². The third-order valence-electron chi connectivity index (χ3n) is 2.61. The number of benzene rings is 1. The maximum atomic E-state index is 13.6. The SMILES string of the molecule is Cc1ccc(C(Sc2ccccc2F)C(C)N)o1. The van der Waals surface area contributed by atoms with Gasteiger partial charge in [-0.3, -0.25) is 0 Å². The molecule has 0 amide bonds. The molecule has 2 atom stereocenters. The fraction of sp³-hybridized carbons (Fsp3) is 0.286. The van der Waals surface area contributed by atoms with Crippen LogP contribution in [0.2, 0.25) is 0 Å². The molecule has 0 aliphatic heterocycles. The van der Waals surface area contributed by atoms with E-state index in [0.717, 1.165) is 11.5 Å². The van der Waals surface area contributed by atoms with Crippen LogP contribution in [0.4, 0.5) is 4.39 Å². The third-order valence-corrected chi connectivity index (χ3v) is 4.11. The molecule has 0 aliphatic rings. The lowest BCUT2D eigenvalue weighted by Gasteiger charge is -2.18. The van der Waals surface area contributed by atoms with Gasteiger partial charge in [-0.2, -0.15) is 0 Å². The summed E-state index contributed by atoms with van der Waals surface area (Å²) in [6.45, 7) is 3.78. The van der Waals surface area contributed by atoms with Crippen LogP contribution in [0.3, 0.4) is 0 Å². The zero-order valence-electron chi connectivity index (χ0n) is 10.4. The monoisotopic (exact) mass is 265 g/mol. The molecule has 4 heteroatoms. The Morgan fingerprint density at radius 1 is 1.22 bits per heavy atom. The second-order valence-corrected chi connectivity index (χ2v) is 5.46. The first-order valence-electron chi connectivity index (χ1n) is 5.81. The van der Waals surface area contributed by atoms with E-state index in [2.05, 4.69) is 0 Å². The van der Waals surface area contributed by atoms with E-state index in [-0.39, 0.29) is 17.1 Å². The van der Waals surface area contributed by atoms with Crippen molar-refractivity contribution >= 4 is 11.8 Å². The summed E-state index contributed by atoms with van der Waals surface area (Å²) in [5.41, 5.74) is 5.97. The van der Waals surface area contributed by atoms with Gasteiger partial charge in [0.1, 0.15) is 17.3 Å². The van der Waals surface area contributed by atoms with E-state index in [4.69, 9.17) is 10.2 Å². The van der Waals surface area contributed by atoms with Crippen molar-refractivity contribution in [3.8, 4) is 0 Å². The summed E-state index contributed by atoms with van der Waals surface area (Å²) in [6.07, 6.45) is 0. The number of rotatable bonds is 4. The smallest absolute Gasteiger partial charge is 0.136 e. The Hall–Kier alpha value is -1.26. The van der Waals surface area contributed by atoms with Crippen LogP contribution in [-0.2, 0) is 0 Å². The van der Waals surface area contributed by atoms with E-state index in [0.29, 0.717) is 4.90 Å². The highest BCUT2D eigenvalue weighted by Crippen LogP contribution is 2.38. The topological polar surface area (TPSA) is 39.2 Å². The van der Waals surface area contributed by atoms with Gasteiger partial charge in [-0.1, -0.05) is 12.1 Å². The zero-order valence-corrected chi connectivity index (χ0v) is 11.2. The number of thioether (sulfide) groups is 1. The van der Waals surface area contributed by atoms with Gasteiger partial charge in [0.15, 0.2) is 0 Å². The molecule has 96 valence electrons. The van der Waals surface area contributed by atoms with Gasteiger partial charge in [-0.15, -0.1) is 11.8 Å². The van der Waals surface area contributed by atoms with Gasteiger partial charge >= 0.3 is 0 Å². The van der Waals surface area contributed by atoms with Gasteiger partial charge in [0.25, 0.3) is 0 Å². The summed E-state index contributed by atoms with van der Waals surface area (Å²) in [4.78, 5) is 0.592. The molecule has 2 rings (SSSR count). The summed E-state index contributed by atoms with van der Waals surface area (Å²) in [5, 5.41) is -0.0874. The molecule has 0 saturated heterocycles. The Labute approximate surface area is 110 Å². The number of halogens is 1. The van der Waals surface area contributed by atoms with Gasteiger partial charge in [-0.05, 0) is 38.1 Å². The maximum Gasteiger partial charge on any atom is 0.136 e. The van der Waals surface area contributed by atoms with Crippen molar-refractivity contribution in [3.63, 3.8) is 0 Å². The van der Waals surface area contributed by atoms with Crippen molar-refractivity contribution in [2.45, 2.75) is 30.0 Å². The molecule has 0 radical (unpaired) electrons. The van der Waals surface area contributed by atoms with Crippen LogP contribution in [-0.4, -0.2) is 6.04 Å². The molecule has 1 heterocycles. The lowest BCUT2D eigenvalue weighted by atomic mass is 10.2. The summed E-state index contributed by atoms with van der Waals surface area (Å²) >= 11 is 1.40. The first-order chi connectivity index (χ1) is 8.58. The van der Waals surface area contributed by atoms with Crippen molar-refractivity contribution < 1.29 is 8.81 Å². The third kappa shape index (κ3) is 2.94. The molecule has 0 fully saturated rings. The first-order valence-corrected chi connectivity index (χ1v) is 6.69. The molecule has 18 heavy (non-hydrogen) atoms. The van der Waals surface area contributed by atoms with Crippen molar-refractivity contribution in [2.75, 3.05) is 0 Å². The van der Waals surface area contributed by atoms with Gasteiger partial charge < -0.3 is 10.2 Å². The Morgan fingerprint density at radius 3 is 2.50 bits per heavy atom. The normalized spacial score (nSPS) is 14.4. The fourth-order valence-corrected chi connectivity index (χ4v) is 2.78. The predicted octanol–water partition coefficient (Wildman–Crippen LogP) is 3.91. The predicted molar refractivity (Wildman–Crippen MR) is 72.1 cm³/mol. The van der Waals surface area contributed by atoms with Gasteiger partial charge in [-0.25, -0.2) is 4.39 Å². The minimum atomic E-state index is -0.226. The van der Waals surface area contributed by atoms with Crippen LogP contribution in [0.25, 0.3) is 0 Å².